The molecule has 28 nitrogen and oxygen atoms in total. The van der Waals surface area contributed by atoms with Gasteiger partial charge in [-0.2, -0.15) is 43.9 Å². The van der Waals surface area contributed by atoms with E-state index >= 15 is 0 Å². The predicted molar refractivity (Wildman–Crippen MR) is 252 cm³/mol. The van der Waals surface area contributed by atoms with Gasteiger partial charge in [-0.25, -0.2) is 21.0 Å². The van der Waals surface area contributed by atoms with Crippen molar-refractivity contribution in [2.75, 3.05) is 34.3 Å². The largest absolute Gasteiger partial charge is 0.505 e. The Kier molecular flexibility index (Phi) is 14.9. The number of anilines is 4. The lowest BCUT2D eigenvalue weighted by Crippen LogP contribution is -2.16. The number of rotatable bonds is 17. The van der Waals surface area contributed by atoms with Gasteiger partial charge in [0.25, 0.3) is 40.4 Å². The van der Waals surface area contributed by atoms with E-state index < -0.39 is 132 Å². The molecule has 0 saturated carbocycles. The molecule has 0 spiro atoms. The minimum absolute atomic E-state index is 0.108. The minimum Gasteiger partial charge on any atom is -0.505 e. The third-order valence-corrected chi connectivity index (χ3v) is 15.7. The van der Waals surface area contributed by atoms with Gasteiger partial charge in [-0.15, -0.1) is 20.5 Å². The summed E-state index contributed by atoms with van der Waals surface area (Å²) >= 11 is 6.01. The number of phenolic OH excluding ortho intramolecular Hbond substituents is 1. The Bertz CT molecular complexity index is 3960. The van der Waals surface area contributed by atoms with Crippen molar-refractivity contribution in [1.29, 1.82) is 0 Å². The highest BCUT2D eigenvalue weighted by Crippen LogP contribution is 2.48. The second-order valence-electron chi connectivity index (χ2n) is 14.1. The van der Waals surface area contributed by atoms with Gasteiger partial charge in [-0.3, -0.25) is 22.9 Å². The molecule has 0 aliphatic rings. The molecular weight excluding hydrogens is 1090 g/mol. The first-order valence-electron chi connectivity index (χ1n) is 18.6. The summed E-state index contributed by atoms with van der Waals surface area (Å²) in [6.07, 6.45) is 0. The van der Waals surface area contributed by atoms with Crippen molar-refractivity contribution in [3.8, 4) is 5.75 Å². The van der Waals surface area contributed by atoms with Crippen LogP contribution in [0.1, 0.15) is 0 Å². The van der Waals surface area contributed by atoms with Crippen LogP contribution in [0.25, 0.3) is 10.8 Å². The van der Waals surface area contributed by atoms with Gasteiger partial charge in [0, 0.05) is 5.69 Å². The fourth-order valence-electron chi connectivity index (χ4n) is 5.96. The molecule has 0 heterocycles. The van der Waals surface area contributed by atoms with E-state index in [1.807, 2.05) is 0 Å². The first-order chi connectivity index (χ1) is 32.7. The summed E-state index contributed by atoms with van der Waals surface area (Å²) in [6.45, 7) is -1.13. The number of sulfone groups is 1. The number of phenols is 1. The van der Waals surface area contributed by atoms with Gasteiger partial charge in [0.05, 0.1) is 61.0 Å². The molecule has 0 fully saturated rings. The van der Waals surface area contributed by atoms with Crippen LogP contribution in [0.5, 0.6) is 5.75 Å². The molecule has 0 bridgehead atoms. The third kappa shape index (κ3) is 12.7. The Morgan fingerprint density at radius 3 is 1.62 bits per heavy atom. The highest BCUT2D eigenvalue weighted by Gasteiger charge is 2.29. The average molecular weight is 1120 g/mol. The number of nitrogens with two attached hydrogens (primary N) is 3. The zero-order chi connectivity index (χ0) is 52.6. The molecule has 0 radical (unpaired) electrons. The van der Waals surface area contributed by atoms with Crippen LogP contribution in [0.3, 0.4) is 0 Å². The fourth-order valence-corrected chi connectivity index (χ4v) is 10.7. The fraction of sp³-hybridized carbons (Fsp3) is 0.0556. The Balaban J connectivity index is 1.32. The maximum Gasteiger partial charge on any atom is 0.397 e. The number of nitrogens with zero attached hydrogens (tertiary/aromatic N) is 6. The van der Waals surface area contributed by atoms with Crippen molar-refractivity contribution in [3.05, 3.63) is 96.0 Å². The number of fused-ring (bicyclic) bond motifs is 1. The summed E-state index contributed by atoms with van der Waals surface area (Å²) < 4.78 is 194. The van der Waals surface area contributed by atoms with Crippen LogP contribution in [-0.2, 0) is 64.8 Å². The number of sulfonamides is 1. The molecule has 71 heavy (non-hydrogen) atoms. The summed E-state index contributed by atoms with van der Waals surface area (Å²) in [4.78, 5) is -4.91. The molecule has 0 aliphatic heterocycles. The van der Waals surface area contributed by atoms with Crippen LogP contribution < -0.4 is 21.9 Å². The smallest absolute Gasteiger partial charge is 0.397 e. The van der Waals surface area contributed by atoms with Crippen LogP contribution in [0.15, 0.2) is 146 Å². The SMILES string of the molecule is Nc1cc(N)c(N=Nc2ccc(NS(=O)(=O)c3ccc(N=Nc4c(S(=O)(=O)O)cc5cc(S(=O)(=O)O)c(N=Nc6ccc(S(=O)(=O)CCOS(=O)(=O)O)cc6S(=O)(=O)O)c(N)c5c4O)cc3)cc2)cc1Cl. The molecule has 376 valence electrons. The number of benzene rings is 6. The standard InChI is InChI=1S/C36H31ClN10O18S6/c37-24-16-28(26(39)17-25(24)38)44-41-19-1-3-21(4-2-19)47-67(51,52)22-7-5-20(6-8-22)42-46-35-31(70(59,60)61)14-18-13-30(69(56,57)58)34(33(40)32(18)36(35)48)45-43-27-10-9-23(15-29(27)68(53,54)55)66(49,50)12-11-65-71(62,63)64/h1-10,13-17,47-48H,11-12,38-40H2,(H,53,54,55)(H,56,57,58)(H,59,60,61)(H,62,63,64). The van der Waals surface area contributed by atoms with E-state index in [0.717, 1.165) is 24.3 Å². The zero-order valence-corrected chi connectivity index (χ0v) is 40.5. The normalized spacial score (nSPS) is 13.2. The van der Waals surface area contributed by atoms with Crippen LogP contribution in [-0.4, -0.2) is 86.2 Å². The predicted octanol–water partition coefficient (Wildman–Crippen LogP) is 6.33. The summed E-state index contributed by atoms with van der Waals surface area (Å²) in [6, 6.07) is 15.6. The highest BCUT2D eigenvalue weighted by atomic mass is 35.5. The van der Waals surface area contributed by atoms with Gasteiger partial charge < -0.3 is 22.3 Å². The van der Waals surface area contributed by atoms with Crippen molar-refractivity contribution in [2.45, 2.75) is 24.5 Å². The van der Waals surface area contributed by atoms with Crippen LogP contribution in [0.4, 0.5) is 56.9 Å². The zero-order valence-electron chi connectivity index (χ0n) is 34.9. The number of halogens is 1. The molecule has 0 unspecified atom stereocenters. The number of hydrogen-bond donors (Lipinski definition) is 9. The first-order valence-corrected chi connectivity index (χ1v) is 27.8. The van der Waals surface area contributed by atoms with Crippen molar-refractivity contribution < 1.29 is 78.0 Å². The van der Waals surface area contributed by atoms with E-state index in [2.05, 4.69) is 39.6 Å². The molecule has 0 aliphatic carbocycles. The second-order valence-corrected chi connectivity index (χ2v) is 23.6. The molecule has 0 amide bonds. The minimum atomic E-state index is -5.45. The van der Waals surface area contributed by atoms with Crippen molar-refractivity contribution in [1.82, 2.24) is 0 Å². The average Bonchev–Trinajstić information content (AvgIpc) is 3.25. The number of azo groups is 3. The summed E-state index contributed by atoms with van der Waals surface area (Å²) in [7, 11) is -30.2. The Labute approximate surface area is 406 Å². The Morgan fingerprint density at radius 1 is 0.549 bits per heavy atom. The Morgan fingerprint density at radius 2 is 1.06 bits per heavy atom. The van der Waals surface area contributed by atoms with E-state index in [-0.39, 0.29) is 38.4 Å². The van der Waals surface area contributed by atoms with Gasteiger partial charge in [0.1, 0.15) is 37.4 Å². The van der Waals surface area contributed by atoms with Gasteiger partial charge in [0.15, 0.2) is 15.6 Å². The van der Waals surface area contributed by atoms with E-state index in [1.54, 1.807) is 0 Å². The van der Waals surface area contributed by atoms with Crippen LogP contribution >= 0.6 is 11.6 Å². The monoisotopic (exact) mass is 1120 g/mol. The molecule has 6 aromatic rings. The number of hydrogen-bond acceptors (Lipinski definition) is 23. The lowest BCUT2D eigenvalue weighted by Gasteiger charge is -2.14. The number of nitrogens with one attached hydrogen (secondary N) is 1. The van der Waals surface area contributed by atoms with Crippen molar-refractivity contribution in [3.63, 3.8) is 0 Å². The van der Waals surface area contributed by atoms with Gasteiger partial charge in [-0.05, 0) is 96.4 Å². The van der Waals surface area contributed by atoms with Crippen molar-refractivity contribution in [2.24, 2.45) is 30.7 Å². The van der Waals surface area contributed by atoms with Gasteiger partial charge in [0.2, 0.25) is 0 Å². The van der Waals surface area contributed by atoms with E-state index in [1.165, 1.54) is 36.4 Å². The van der Waals surface area contributed by atoms with Gasteiger partial charge in [-0.1, -0.05) is 11.6 Å². The highest BCUT2D eigenvalue weighted by molar-refractivity contribution is 7.92. The topological polar surface area (TPSA) is 479 Å². The summed E-state index contributed by atoms with van der Waals surface area (Å²) in [5, 5.41) is 33.0. The maximum absolute atomic E-state index is 13.2. The van der Waals surface area contributed by atoms with E-state index in [0.29, 0.717) is 36.0 Å². The molecule has 0 saturated heterocycles. The molecule has 0 atom stereocenters. The summed E-state index contributed by atoms with van der Waals surface area (Å²) in [5.74, 6) is -2.37. The summed E-state index contributed by atoms with van der Waals surface area (Å²) in [5.41, 5.74) is 14.8. The van der Waals surface area contributed by atoms with Crippen molar-refractivity contribution >= 4 is 140 Å². The van der Waals surface area contributed by atoms with E-state index in [4.69, 9.17) is 33.4 Å². The quantitative estimate of drug-likeness (QED) is 0.0274. The van der Waals surface area contributed by atoms with E-state index in [9.17, 15) is 69.3 Å². The lowest BCUT2D eigenvalue weighted by molar-refractivity contribution is 0.284. The Hall–Kier alpha value is -6.83. The molecular formula is C36H31ClN10O18S6. The number of nitrogen functional groups attached to an aromatic ring is 3. The first kappa shape index (κ1) is 53.5. The maximum atomic E-state index is 13.2. The molecule has 35 heteroatoms. The third-order valence-electron chi connectivity index (χ3n) is 9.23. The van der Waals surface area contributed by atoms with Crippen LogP contribution in [0.2, 0.25) is 5.02 Å². The molecule has 6 aromatic carbocycles. The van der Waals surface area contributed by atoms with Gasteiger partial charge >= 0.3 is 10.4 Å². The second kappa shape index (κ2) is 19.8. The molecule has 0 aromatic heterocycles. The number of aromatic hydroxyl groups is 1. The lowest BCUT2D eigenvalue weighted by atomic mass is 10.1. The molecule has 12 N–H and O–H groups in total. The molecule has 6 rings (SSSR count). The van der Waals surface area contributed by atoms with Crippen LogP contribution in [0, 0.1) is 0 Å².